The van der Waals surface area contributed by atoms with Crippen molar-refractivity contribution in [2.75, 3.05) is 0 Å². The average Bonchev–Trinajstić information content (AvgIpc) is 3.50. The van der Waals surface area contributed by atoms with Gasteiger partial charge < -0.3 is 4.74 Å². The molecule has 8 aromatic rings. The summed E-state index contributed by atoms with van der Waals surface area (Å²) in [5.41, 5.74) is 11.2. The summed E-state index contributed by atoms with van der Waals surface area (Å²) in [5, 5.41) is 2.61. The smallest absolute Gasteiger partial charge is 0.250 e. The van der Waals surface area contributed by atoms with Crippen LogP contribution in [0.2, 0.25) is 0 Å². The van der Waals surface area contributed by atoms with Crippen molar-refractivity contribution in [3.05, 3.63) is 164 Å². The molecule has 2 heterocycles. The molecule has 1 aliphatic rings. The summed E-state index contributed by atoms with van der Waals surface area (Å²) in [6.45, 7) is 0.103. The van der Waals surface area contributed by atoms with E-state index in [1.807, 2.05) is 11.3 Å². The maximum atomic E-state index is 6.33. The lowest BCUT2D eigenvalue weighted by atomic mass is 9.36. The molecule has 9 rings (SSSR count). The molecule has 7 aromatic carbocycles. The Balaban J connectivity index is 1.25. The van der Waals surface area contributed by atoms with E-state index in [4.69, 9.17) is 4.74 Å². The van der Waals surface area contributed by atoms with Crippen LogP contribution in [0.15, 0.2) is 164 Å². The second kappa shape index (κ2) is 10.7. The van der Waals surface area contributed by atoms with Gasteiger partial charge in [0, 0.05) is 25.7 Å². The molecule has 3 heteroatoms. The summed E-state index contributed by atoms with van der Waals surface area (Å²) in [7, 11) is 0. The van der Waals surface area contributed by atoms with E-state index in [1.54, 1.807) is 0 Å². The van der Waals surface area contributed by atoms with Crippen molar-refractivity contribution in [3.8, 4) is 44.9 Å². The molecule has 210 valence electrons. The standard InChI is InChI=1S/C42H27BOS/c1-3-13-28(14-4-1)31-26-35(29-15-5-2-6-16-29)42-36(27-31)34-20-12-19-33(41(34)45-42)30-17-11-18-32(25-30)43-37-21-7-9-23-39(37)44-40-24-10-8-22-38(40)43/h1-27H. The molecule has 0 radical (unpaired) electrons. The number of thiophene rings is 1. The fourth-order valence-corrected chi connectivity index (χ4v) is 8.27. The Hall–Kier alpha value is -5.38. The molecule has 0 saturated carbocycles. The molecule has 0 atom stereocenters. The first-order chi connectivity index (χ1) is 22.3. The van der Waals surface area contributed by atoms with Crippen molar-refractivity contribution in [3.63, 3.8) is 0 Å². The normalized spacial score (nSPS) is 12.1. The quantitative estimate of drug-likeness (QED) is 0.186. The van der Waals surface area contributed by atoms with Crippen molar-refractivity contribution in [2.24, 2.45) is 0 Å². The molecule has 0 N–H and O–H groups in total. The van der Waals surface area contributed by atoms with Crippen LogP contribution < -0.4 is 21.1 Å². The molecule has 1 aliphatic heterocycles. The van der Waals surface area contributed by atoms with Gasteiger partial charge in [0.1, 0.15) is 11.5 Å². The third kappa shape index (κ3) is 4.39. The predicted molar refractivity (Wildman–Crippen MR) is 193 cm³/mol. The molecule has 45 heavy (non-hydrogen) atoms. The van der Waals surface area contributed by atoms with Gasteiger partial charge in [0.2, 0.25) is 0 Å². The zero-order chi connectivity index (χ0) is 29.7. The summed E-state index contributed by atoms with van der Waals surface area (Å²) in [4.78, 5) is 0. The lowest BCUT2D eigenvalue weighted by molar-refractivity contribution is 0.487. The van der Waals surface area contributed by atoms with Crippen LogP contribution in [0.1, 0.15) is 0 Å². The van der Waals surface area contributed by atoms with Crippen LogP contribution in [0.25, 0.3) is 53.6 Å². The number of hydrogen-bond acceptors (Lipinski definition) is 2. The Morgan fingerprint density at radius 2 is 1.00 bits per heavy atom. The minimum absolute atomic E-state index is 0.103. The summed E-state index contributed by atoms with van der Waals surface area (Å²) in [5.74, 6) is 1.86. The Morgan fingerprint density at radius 3 is 1.73 bits per heavy atom. The highest BCUT2D eigenvalue weighted by Crippen LogP contribution is 2.45. The van der Waals surface area contributed by atoms with Gasteiger partial charge in [0.05, 0.1) is 0 Å². The number of rotatable bonds is 4. The van der Waals surface area contributed by atoms with Gasteiger partial charge in [0.15, 0.2) is 0 Å². The van der Waals surface area contributed by atoms with E-state index in [9.17, 15) is 0 Å². The summed E-state index contributed by atoms with van der Waals surface area (Å²) >= 11 is 1.91. The zero-order valence-corrected chi connectivity index (χ0v) is 25.3. The average molecular weight is 591 g/mol. The first kappa shape index (κ1) is 26.1. The van der Waals surface area contributed by atoms with Crippen molar-refractivity contribution in [1.82, 2.24) is 0 Å². The Morgan fingerprint density at radius 1 is 0.400 bits per heavy atom. The van der Waals surface area contributed by atoms with Crippen LogP contribution in [-0.4, -0.2) is 6.71 Å². The van der Waals surface area contributed by atoms with Crippen LogP contribution in [0.3, 0.4) is 0 Å². The van der Waals surface area contributed by atoms with Crippen LogP contribution >= 0.6 is 11.3 Å². The molecule has 0 amide bonds. The second-order valence-electron chi connectivity index (χ2n) is 11.7. The maximum Gasteiger partial charge on any atom is 0.250 e. The minimum Gasteiger partial charge on any atom is -0.458 e. The SMILES string of the molecule is c1ccc(-c2cc(-c3ccccc3)c3sc4c(-c5cccc(B6c7ccccc7Oc7ccccc76)c5)cccc4c3c2)cc1. The zero-order valence-electron chi connectivity index (χ0n) is 24.5. The van der Waals surface area contributed by atoms with E-state index >= 15 is 0 Å². The van der Waals surface area contributed by atoms with Gasteiger partial charge in [0.25, 0.3) is 6.71 Å². The van der Waals surface area contributed by atoms with E-state index < -0.39 is 0 Å². The number of fused-ring (bicyclic) bond motifs is 5. The number of para-hydroxylation sites is 2. The molecular formula is C42H27BOS. The highest BCUT2D eigenvalue weighted by molar-refractivity contribution is 7.26. The highest BCUT2D eigenvalue weighted by atomic mass is 32.1. The third-order valence-corrected chi connectivity index (χ3v) is 10.3. The number of hydrogen-bond donors (Lipinski definition) is 0. The summed E-state index contributed by atoms with van der Waals surface area (Å²) in [6, 6.07) is 59.0. The summed E-state index contributed by atoms with van der Waals surface area (Å²) < 4.78 is 8.97. The first-order valence-electron chi connectivity index (χ1n) is 15.4. The lowest BCUT2D eigenvalue weighted by Gasteiger charge is -2.26. The molecule has 1 aromatic heterocycles. The van der Waals surface area contributed by atoms with E-state index in [-0.39, 0.29) is 6.71 Å². The molecule has 0 unspecified atom stereocenters. The van der Waals surface area contributed by atoms with E-state index in [2.05, 4.69) is 164 Å². The fraction of sp³-hybridized carbons (Fsp3) is 0. The van der Waals surface area contributed by atoms with Crippen molar-refractivity contribution < 1.29 is 4.74 Å². The fourth-order valence-electron chi connectivity index (χ4n) is 6.91. The van der Waals surface area contributed by atoms with Gasteiger partial charge in [-0.15, -0.1) is 11.3 Å². The van der Waals surface area contributed by atoms with Gasteiger partial charge in [-0.1, -0.05) is 145 Å². The molecule has 0 fully saturated rings. The van der Waals surface area contributed by atoms with Crippen LogP contribution in [0.5, 0.6) is 11.5 Å². The van der Waals surface area contributed by atoms with Crippen LogP contribution in [0, 0.1) is 0 Å². The molecule has 0 aliphatic carbocycles. The van der Waals surface area contributed by atoms with Gasteiger partial charge in [-0.25, -0.2) is 0 Å². The monoisotopic (exact) mass is 590 g/mol. The Labute approximate surface area is 267 Å². The predicted octanol–water partition coefficient (Wildman–Crippen LogP) is 9.68. The van der Waals surface area contributed by atoms with Crippen molar-refractivity contribution >= 4 is 54.6 Å². The van der Waals surface area contributed by atoms with Gasteiger partial charge in [-0.05, 0) is 63.0 Å². The van der Waals surface area contributed by atoms with Crippen molar-refractivity contribution in [1.29, 1.82) is 0 Å². The minimum atomic E-state index is 0.103. The highest BCUT2D eigenvalue weighted by Gasteiger charge is 2.32. The van der Waals surface area contributed by atoms with E-state index in [0.717, 1.165) is 11.5 Å². The maximum absolute atomic E-state index is 6.33. The third-order valence-electron chi connectivity index (χ3n) is 9.00. The molecule has 0 bridgehead atoms. The van der Waals surface area contributed by atoms with Gasteiger partial charge in [-0.2, -0.15) is 0 Å². The molecule has 1 nitrogen and oxygen atoms in total. The first-order valence-corrected chi connectivity index (χ1v) is 16.2. The van der Waals surface area contributed by atoms with E-state index in [1.165, 1.54) is 69.9 Å². The van der Waals surface area contributed by atoms with E-state index in [0.29, 0.717) is 0 Å². The molecule has 0 saturated heterocycles. The van der Waals surface area contributed by atoms with Crippen molar-refractivity contribution in [2.45, 2.75) is 0 Å². The number of benzene rings is 7. The topological polar surface area (TPSA) is 9.23 Å². The number of ether oxygens (including phenoxy) is 1. The largest absolute Gasteiger partial charge is 0.458 e. The Bertz CT molecular complexity index is 2310. The van der Waals surface area contributed by atoms with Gasteiger partial charge in [-0.3, -0.25) is 0 Å². The molecule has 0 spiro atoms. The summed E-state index contributed by atoms with van der Waals surface area (Å²) in [6.07, 6.45) is 0. The second-order valence-corrected chi connectivity index (χ2v) is 12.7. The van der Waals surface area contributed by atoms with Crippen LogP contribution in [-0.2, 0) is 0 Å². The van der Waals surface area contributed by atoms with Crippen LogP contribution in [0.4, 0.5) is 0 Å². The molecular weight excluding hydrogens is 563 g/mol. The van der Waals surface area contributed by atoms with Gasteiger partial charge >= 0.3 is 0 Å². The lowest BCUT2D eigenvalue weighted by Crippen LogP contribution is -2.54. The Kier molecular flexibility index (Phi) is 6.17.